The lowest BCUT2D eigenvalue weighted by Gasteiger charge is -2.30. The van der Waals surface area contributed by atoms with Gasteiger partial charge >= 0.3 is 5.97 Å². The van der Waals surface area contributed by atoms with Crippen molar-refractivity contribution >= 4 is 33.5 Å². The van der Waals surface area contributed by atoms with Crippen LogP contribution in [0.25, 0.3) is 0 Å². The fraction of sp³-hybridized carbons (Fsp3) is 0.464. The number of anilines is 1. The Hall–Kier alpha value is -3.08. The number of imide groups is 1. The highest BCUT2D eigenvalue weighted by molar-refractivity contribution is 7.89. The van der Waals surface area contributed by atoms with Crippen LogP contribution in [0.1, 0.15) is 58.8 Å². The number of sulfonamides is 1. The van der Waals surface area contributed by atoms with Gasteiger partial charge in [0, 0.05) is 13.2 Å². The summed E-state index contributed by atoms with van der Waals surface area (Å²) in [6, 6.07) is 6.67. The molecule has 2 fully saturated rings. The van der Waals surface area contributed by atoms with Gasteiger partial charge in [0.15, 0.2) is 0 Å². The third kappa shape index (κ3) is 5.12. The Kier molecular flexibility index (Phi) is 8.06. The number of carbonyl (C=O) groups excluding carboxylic acids is 3. The Morgan fingerprint density at radius 1 is 1.08 bits per heavy atom. The molecular weight excluding hydrogens is 508 g/mol. The van der Waals surface area contributed by atoms with E-state index in [2.05, 4.69) is 0 Å². The van der Waals surface area contributed by atoms with E-state index in [-0.39, 0.29) is 41.8 Å². The van der Waals surface area contributed by atoms with Gasteiger partial charge in [-0.3, -0.25) is 9.59 Å². The highest BCUT2D eigenvalue weighted by atomic mass is 32.2. The topological polar surface area (TPSA) is 110 Å². The van der Waals surface area contributed by atoms with Gasteiger partial charge in [-0.25, -0.2) is 18.1 Å². The van der Waals surface area contributed by atoms with E-state index in [1.807, 2.05) is 19.9 Å². The maximum absolute atomic E-state index is 14.3. The molecule has 0 saturated carbocycles. The first-order valence-electron chi connectivity index (χ1n) is 12.8. The Balaban J connectivity index is 1.73. The van der Waals surface area contributed by atoms with Gasteiger partial charge in [-0.2, -0.15) is 4.31 Å². The van der Waals surface area contributed by atoms with Gasteiger partial charge in [0.1, 0.15) is 6.04 Å². The van der Waals surface area contributed by atoms with Crippen molar-refractivity contribution < 1.29 is 32.3 Å². The Morgan fingerprint density at radius 2 is 1.71 bits per heavy atom. The zero-order valence-electron chi connectivity index (χ0n) is 22.4. The van der Waals surface area contributed by atoms with Crippen LogP contribution in [-0.2, 0) is 29.1 Å². The molecule has 2 unspecified atom stereocenters. The quantitative estimate of drug-likeness (QED) is 0.370. The number of rotatable bonds is 8. The summed E-state index contributed by atoms with van der Waals surface area (Å²) in [5, 5.41) is 0. The number of aryl methyl sites for hydroxylation is 2. The van der Waals surface area contributed by atoms with E-state index in [4.69, 9.17) is 9.47 Å². The Morgan fingerprint density at radius 3 is 2.26 bits per heavy atom. The van der Waals surface area contributed by atoms with E-state index in [1.54, 1.807) is 20.8 Å². The highest BCUT2D eigenvalue weighted by Gasteiger charge is 2.48. The lowest BCUT2D eigenvalue weighted by molar-refractivity contribution is -0.122. The predicted octanol–water partition coefficient (Wildman–Crippen LogP) is 3.60. The number of esters is 1. The molecule has 0 radical (unpaired) electrons. The van der Waals surface area contributed by atoms with Crippen LogP contribution >= 0.6 is 0 Å². The molecule has 0 N–H and O–H groups in total. The lowest BCUT2D eigenvalue weighted by atomic mass is 10.0. The van der Waals surface area contributed by atoms with Gasteiger partial charge in [0.05, 0.1) is 35.3 Å². The average Bonchev–Trinajstić information content (AvgIpc) is 3.48. The van der Waals surface area contributed by atoms with Crippen LogP contribution in [0, 0.1) is 27.7 Å². The standard InChI is InChI=1S/C28H34N2O7S/c1-6-36-28(33)21-9-11-22(12-10-21)30-25(31)15-24(27(30)32)29(16-23-8-7-13-37-23)38(34,35)26-19(4)17(2)14-18(3)20(26)5/h9-12,14,23-24H,6-8,13,15-16H2,1-5H3. The summed E-state index contributed by atoms with van der Waals surface area (Å²) in [7, 11) is -4.17. The minimum absolute atomic E-state index is 0.0203. The summed E-state index contributed by atoms with van der Waals surface area (Å²) >= 11 is 0. The molecule has 2 aromatic carbocycles. The smallest absolute Gasteiger partial charge is 0.338 e. The van der Waals surface area contributed by atoms with Crippen LogP contribution < -0.4 is 4.90 Å². The summed E-state index contributed by atoms with van der Waals surface area (Å²) < 4.78 is 40.4. The van der Waals surface area contributed by atoms with Crippen LogP contribution in [0.2, 0.25) is 0 Å². The Bertz CT molecular complexity index is 1340. The van der Waals surface area contributed by atoms with Gasteiger partial charge in [0.2, 0.25) is 15.9 Å². The van der Waals surface area contributed by atoms with Gasteiger partial charge in [0.25, 0.3) is 5.91 Å². The van der Waals surface area contributed by atoms with E-state index in [9.17, 15) is 22.8 Å². The molecule has 2 aliphatic rings. The molecular formula is C28H34N2O7S. The molecule has 0 bridgehead atoms. The summed E-state index contributed by atoms with van der Waals surface area (Å²) in [6.45, 7) is 9.67. The zero-order valence-corrected chi connectivity index (χ0v) is 23.3. The SMILES string of the molecule is CCOC(=O)c1ccc(N2C(=O)CC(N(CC3CCCO3)S(=O)(=O)c3c(C)c(C)cc(C)c3C)C2=O)cc1. The first kappa shape index (κ1) is 27.9. The highest BCUT2D eigenvalue weighted by Crippen LogP contribution is 2.34. The minimum Gasteiger partial charge on any atom is -0.462 e. The van der Waals surface area contributed by atoms with E-state index < -0.39 is 33.8 Å². The van der Waals surface area contributed by atoms with Gasteiger partial charge in [-0.1, -0.05) is 6.07 Å². The number of nitrogens with zero attached hydrogens (tertiary/aromatic N) is 2. The molecule has 2 heterocycles. The summed E-state index contributed by atoms with van der Waals surface area (Å²) in [6.07, 6.45) is 0.825. The van der Waals surface area contributed by atoms with Crippen LogP contribution in [-0.4, -0.2) is 62.4 Å². The monoisotopic (exact) mass is 542 g/mol. The molecule has 2 aliphatic heterocycles. The summed E-state index contributed by atoms with van der Waals surface area (Å²) in [5.74, 6) is -1.64. The molecule has 0 aliphatic carbocycles. The molecule has 2 amide bonds. The largest absolute Gasteiger partial charge is 0.462 e. The van der Waals surface area contributed by atoms with Crippen molar-refractivity contribution in [1.82, 2.24) is 4.31 Å². The van der Waals surface area contributed by atoms with Crippen molar-refractivity contribution in [3.05, 3.63) is 58.1 Å². The molecule has 10 heteroatoms. The molecule has 204 valence electrons. The molecule has 2 atom stereocenters. The number of benzene rings is 2. The van der Waals surface area contributed by atoms with Crippen molar-refractivity contribution in [2.75, 3.05) is 24.7 Å². The van der Waals surface area contributed by atoms with E-state index in [0.717, 1.165) is 22.4 Å². The number of amides is 2. The second-order valence-corrected chi connectivity index (χ2v) is 11.7. The first-order valence-corrected chi connectivity index (χ1v) is 14.3. The van der Waals surface area contributed by atoms with Crippen LogP contribution in [0.4, 0.5) is 5.69 Å². The fourth-order valence-electron chi connectivity index (χ4n) is 5.14. The minimum atomic E-state index is -4.17. The maximum atomic E-state index is 14.3. The van der Waals surface area contributed by atoms with Crippen LogP contribution in [0.5, 0.6) is 0 Å². The summed E-state index contributed by atoms with van der Waals surface area (Å²) in [4.78, 5) is 40.0. The third-order valence-electron chi connectivity index (χ3n) is 7.38. The van der Waals surface area contributed by atoms with Crippen molar-refractivity contribution in [3.8, 4) is 0 Å². The van der Waals surface area contributed by atoms with Crippen LogP contribution in [0.3, 0.4) is 0 Å². The predicted molar refractivity (Wildman–Crippen MR) is 142 cm³/mol. The molecule has 0 spiro atoms. The second kappa shape index (κ2) is 11.0. The number of carbonyl (C=O) groups is 3. The van der Waals surface area contributed by atoms with Gasteiger partial charge < -0.3 is 9.47 Å². The molecule has 0 aromatic heterocycles. The number of hydrogen-bond acceptors (Lipinski definition) is 7. The second-order valence-electron chi connectivity index (χ2n) is 9.85. The van der Waals surface area contributed by atoms with Crippen molar-refractivity contribution in [1.29, 1.82) is 0 Å². The molecule has 9 nitrogen and oxygen atoms in total. The molecule has 2 saturated heterocycles. The van der Waals surface area contributed by atoms with Crippen molar-refractivity contribution in [3.63, 3.8) is 0 Å². The Labute approximate surface area is 223 Å². The van der Waals surface area contributed by atoms with E-state index in [0.29, 0.717) is 24.2 Å². The number of hydrogen-bond donors (Lipinski definition) is 0. The lowest BCUT2D eigenvalue weighted by Crippen LogP contribution is -2.48. The molecule has 2 aromatic rings. The zero-order chi connectivity index (χ0) is 27.8. The van der Waals surface area contributed by atoms with Gasteiger partial charge in [-0.05, 0) is 94.0 Å². The van der Waals surface area contributed by atoms with Crippen molar-refractivity contribution in [2.45, 2.75) is 70.9 Å². The summed E-state index contributed by atoms with van der Waals surface area (Å²) in [5.41, 5.74) is 3.46. The van der Waals surface area contributed by atoms with Crippen LogP contribution in [0.15, 0.2) is 35.2 Å². The van der Waals surface area contributed by atoms with Gasteiger partial charge in [-0.15, -0.1) is 0 Å². The fourth-order valence-corrected chi connectivity index (χ4v) is 7.33. The van der Waals surface area contributed by atoms with Crippen molar-refractivity contribution in [2.24, 2.45) is 0 Å². The van der Waals surface area contributed by atoms with E-state index in [1.165, 1.54) is 28.6 Å². The normalized spacial score (nSPS) is 20.0. The van der Waals surface area contributed by atoms with E-state index >= 15 is 0 Å². The molecule has 4 rings (SSSR count). The maximum Gasteiger partial charge on any atom is 0.338 e. The number of ether oxygens (including phenoxy) is 2. The average molecular weight is 543 g/mol. The third-order valence-corrected chi connectivity index (χ3v) is 9.53. The molecule has 38 heavy (non-hydrogen) atoms. The first-order chi connectivity index (χ1) is 18.0.